The monoisotopic (exact) mass is 300 g/mol. The summed E-state index contributed by atoms with van der Waals surface area (Å²) in [7, 11) is 0. The van der Waals surface area contributed by atoms with Crippen molar-refractivity contribution in [2.24, 2.45) is 0 Å². The van der Waals surface area contributed by atoms with Crippen LogP contribution in [0.15, 0.2) is 40.8 Å². The van der Waals surface area contributed by atoms with E-state index >= 15 is 0 Å². The van der Waals surface area contributed by atoms with Gasteiger partial charge < -0.3 is 13.9 Å². The molecule has 1 saturated heterocycles. The Morgan fingerprint density at radius 3 is 2.27 bits per heavy atom. The van der Waals surface area contributed by atoms with Crippen LogP contribution >= 0.6 is 0 Å². The molecule has 0 radical (unpaired) electrons. The van der Waals surface area contributed by atoms with Crippen LogP contribution in [0.2, 0.25) is 0 Å². The van der Waals surface area contributed by atoms with Crippen molar-refractivity contribution in [1.29, 1.82) is 0 Å². The van der Waals surface area contributed by atoms with Gasteiger partial charge in [-0.2, -0.15) is 0 Å². The Hall–Kier alpha value is -1.91. The molecule has 0 atom stereocenters. The number of carbonyl (C=O) groups excluding carboxylic acids is 1. The smallest absolute Gasteiger partial charge is 0.185 e. The standard InChI is InChI=1S/C18H20O4/c1-17(2)18(3,4)22-16(21-17)13-7-5-6-12(10-13)15-9-8-14(11-19)20-15/h5-11,16H,1-4H3. The summed E-state index contributed by atoms with van der Waals surface area (Å²) in [5.74, 6) is 0.969. The number of hydrogen-bond donors (Lipinski definition) is 0. The summed E-state index contributed by atoms with van der Waals surface area (Å²) < 4.78 is 17.6. The third-order valence-electron chi connectivity index (χ3n) is 4.44. The Balaban J connectivity index is 1.91. The Labute approximate surface area is 130 Å². The third kappa shape index (κ3) is 2.49. The van der Waals surface area contributed by atoms with E-state index in [0.29, 0.717) is 17.8 Å². The average Bonchev–Trinajstić information content (AvgIpc) is 3.02. The average molecular weight is 300 g/mol. The molecule has 0 spiro atoms. The second kappa shape index (κ2) is 5.07. The van der Waals surface area contributed by atoms with Gasteiger partial charge in [0.15, 0.2) is 18.3 Å². The fourth-order valence-corrected chi connectivity index (χ4v) is 2.39. The van der Waals surface area contributed by atoms with Crippen LogP contribution in [0.25, 0.3) is 11.3 Å². The molecule has 1 aliphatic heterocycles. The van der Waals surface area contributed by atoms with Gasteiger partial charge >= 0.3 is 0 Å². The summed E-state index contributed by atoms with van der Waals surface area (Å²) >= 11 is 0. The molecule has 0 unspecified atom stereocenters. The molecule has 0 N–H and O–H groups in total. The number of ether oxygens (including phenoxy) is 2. The summed E-state index contributed by atoms with van der Waals surface area (Å²) in [6.45, 7) is 8.11. The van der Waals surface area contributed by atoms with Crippen molar-refractivity contribution < 1.29 is 18.7 Å². The molecule has 1 aromatic heterocycles. The first-order valence-electron chi connectivity index (χ1n) is 7.33. The first-order valence-corrected chi connectivity index (χ1v) is 7.33. The highest BCUT2D eigenvalue weighted by Crippen LogP contribution is 2.45. The van der Waals surface area contributed by atoms with Crippen LogP contribution in [0, 0.1) is 0 Å². The van der Waals surface area contributed by atoms with Gasteiger partial charge in [-0.15, -0.1) is 0 Å². The molecule has 4 heteroatoms. The van der Waals surface area contributed by atoms with E-state index in [-0.39, 0.29) is 11.2 Å². The maximum Gasteiger partial charge on any atom is 0.185 e. The molecular weight excluding hydrogens is 280 g/mol. The molecule has 0 saturated carbocycles. The minimum Gasteiger partial charge on any atom is -0.453 e. The molecule has 0 aliphatic carbocycles. The summed E-state index contributed by atoms with van der Waals surface area (Å²) in [6, 6.07) is 11.2. The van der Waals surface area contributed by atoms with E-state index in [9.17, 15) is 4.79 Å². The quantitative estimate of drug-likeness (QED) is 0.790. The van der Waals surface area contributed by atoms with Gasteiger partial charge in [0.25, 0.3) is 0 Å². The molecule has 0 bridgehead atoms. The van der Waals surface area contributed by atoms with Crippen molar-refractivity contribution in [3.05, 3.63) is 47.7 Å². The van der Waals surface area contributed by atoms with Crippen molar-refractivity contribution in [2.75, 3.05) is 0 Å². The van der Waals surface area contributed by atoms with Gasteiger partial charge in [0.1, 0.15) is 5.76 Å². The van der Waals surface area contributed by atoms with Crippen molar-refractivity contribution in [2.45, 2.75) is 45.2 Å². The van der Waals surface area contributed by atoms with Crippen LogP contribution in [0.5, 0.6) is 0 Å². The van der Waals surface area contributed by atoms with Crippen molar-refractivity contribution in [1.82, 2.24) is 0 Å². The molecule has 4 nitrogen and oxygen atoms in total. The Morgan fingerprint density at radius 1 is 1.00 bits per heavy atom. The number of hydrogen-bond acceptors (Lipinski definition) is 4. The van der Waals surface area contributed by atoms with Gasteiger partial charge in [-0.1, -0.05) is 18.2 Å². The minimum absolute atomic E-state index is 0.316. The summed E-state index contributed by atoms with van der Waals surface area (Å²) in [5, 5.41) is 0. The van der Waals surface area contributed by atoms with E-state index in [1.165, 1.54) is 0 Å². The summed E-state index contributed by atoms with van der Waals surface area (Å²) in [6.07, 6.45) is 0.284. The first kappa shape index (κ1) is 15.0. The van der Waals surface area contributed by atoms with Gasteiger partial charge in [-0.25, -0.2) is 0 Å². The van der Waals surface area contributed by atoms with Crippen LogP contribution < -0.4 is 0 Å². The zero-order chi connectivity index (χ0) is 16.0. The molecular formula is C18H20O4. The van der Waals surface area contributed by atoms with Gasteiger partial charge in [0.2, 0.25) is 0 Å². The first-order chi connectivity index (χ1) is 10.3. The van der Waals surface area contributed by atoms with Gasteiger partial charge in [0.05, 0.1) is 11.2 Å². The van der Waals surface area contributed by atoms with Crippen LogP contribution in [-0.4, -0.2) is 17.5 Å². The van der Waals surface area contributed by atoms with Gasteiger partial charge in [-0.3, -0.25) is 4.79 Å². The molecule has 2 heterocycles. The lowest BCUT2D eigenvalue weighted by atomic mass is 9.90. The van der Waals surface area contributed by atoms with E-state index < -0.39 is 6.29 Å². The number of aldehydes is 1. The van der Waals surface area contributed by atoms with Crippen LogP contribution in [0.4, 0.5) is 0 Å². The van der Waals surface area contributed by atoms with Crippen LogP contribution in [0.3, 0.4) is 0 Å². The van der Waals surface area contributed by atoms with Crippen molar-refractivity contribution in [3.8, 4) is 11.3 Å². The van der Waals surface area contributed by atoms with E-state index in [1.54, 1.807) is 12.1 Å². The van der Waals surface area contributed by atoms with Gasteiger partial charge in [0, 0.05) is 11.1 Å². The lowest BCUT2D eigenvalue weighted by Crippen LogP contribution is -2.41. The molecule has 1 aromatic carbocycles. The number of benzene rings is 1. The molecule has 116 valence electrons. The predicted octanol–water partition coefficient (Wildman–Crippen LogP) is 4.36. The van der Waals surface area contributed by atoms with Crippen LogP contribution in [0.1, 0.15) is 50.1 Å². The highest BCUT2D eigenvalue weighted by molar-refractivity contribution is 5.72. The summed E-state index contributed by atoms with van der Waals surface area (Å²) in [4.78, 5) is 10.7. The third-order valence-corrected chi connectivity index (χ3v) is 4.44. The second-order valence-electron chi connectivity index (χ2n) is 6.53. The maximum atomic E-state index is 10.7. The number of carbonyl (C=O) groups is 1. The predicted molar refractivity (Wildman–Crippen MR) is 82.6 cm³/mol. The Morgan fingerprint density at radius 2 is 1.68 bits per heavy atom. The largest absolute Gasteiger partial charge is 0.453 e. The molecule has 1 aliphatic rings. The van der Waals surface area contributed by atoms with E-state index in [2.05, 4.69) is 0 Å². The summed E-state index contributed by atoms with van der Waals surface area (Å²) in [5.41, 5.74) is 1.08. The number of rotatable bonds is 3. The Bertz CT molecular complexity index is 681. The van der Waals surface area contributed by atoms with E-state index in [4.69, 9.17) is 13.9 Å². The van der Waals surface area contributed by atoms with E-state index in [0.717, 1.165) is 11.1 Å². The van der Waals surface area contributed by atoms with E-state index in [1.807, 2.05) is 52.0 Å². The normalized spacial score (nSPS) is 20.2. The van der Waals surface area contributed by atoms with Gasteiger partial charge in [-0.05, 0) is 45.9 Å². The molecule has 2 aromatic rings. The fourth-order valence-electron chi connectivity index (χ4n) is 2.39. The lowest BCUT2D eigenvalue weighted by Gasteiger charge is -2.30. The number of furan rings is 1. The zero-order valence-electron chi connectivity index (χ0n) is 13.3. The zero-order valence-corrected chi connectivity index (χ0v) is 13.3. The van der Waals surface area contributed by atoms with Crippen molar-refractivity contribution >= 4 is 6.29 Å². The topological polar surface area (TPSA) is 48.7 Å². The minimum atomic E-state index is -0.412. The van der Waals surface area contributed by atoms with Crippen LogP contribution in [-0.2, 0) is 9.47 Å². The lowest BCUT2D eigenvalue weighted by molar-refractivity contribution is -0.0895. The molecule has 1 fully saturated rings. The highest BCUT2D eigenvalue weighted by Gasteiger charge is 2.49. The highest BCUT2D eigenvalue weighted by atomic mass is 16.7. The SMILES string of the molecule is CC1(C)OC(c2cccc(-c3ccc(C=O)o3)c2)OC1(C)C. The molecule has 0 amide bonds. The van der Waals surface area contributed by atoms with Crippen molar-refractivity contribution in [3.63, 3.8) is 0 Å². The second-order valence-corrected chi connectivity index (χ2v) is 6.53. The fraction of sp³-hybridized carbons (Fsp3) is 0.389. The maximum absolute atomic E-state index is 10.7. The molecule has 3 rings (SSSR count). The Kier molecular flexibility index (Phi) is 3.46. The molecule has 22 heavy (non-hydrogen) atoms.